The van der Waals surface area contributed by atoms with Crippen LogP contribution in [0.1, 0.15) is 111 Å². The lowest BCUT2D eigenvalue weighted by Crippen LogP contribution is -2.61. The molecule has 0 amide bonds. The summed E-state index contributed by atoms with van der Waals surface area (Å²) in [6.45, 7) is 19.0. The van der Waals surface area contributed by atoms with Crippen LogP contribution >= 0.6 is 0 Å². The molecule has 0 fully saturated rings. The molecule has 1 aromatic heterocycles. The van der Waals surface area contributed by atoms with Gasteiger partial charge in [-0.3, -0.25) is 0 Å². The van der Waals surface area contributed by atoms with Gasteiger partial charge in [0.25, 0.3) is 6.71 Å². The van der Waals surface area contributed by atoms with Crippen LogP contribution in [0.15, 0.2) is 412 Å². The first-order valence-electron chi connectivity index (χ1n) is 47.2. The third kappa shape index (κ3) is 13.4. The molecule has 0 radical (unpaired) electrons. The van der Waals surface area contributed by atoms with E-state index in [0.717, 1.165) is 128 Å². The van der Waals surface area contributed by atoms with Gasteiger partial charge < -0.3 is 14.4 Å². The number of para-hydroxylation sites is 1. The highest BCUT2D eigenvalue weighted by Crippen LogP contribution is 2.58. The van der Waals surface area contributed by atoms with Gasteiger partial charge in [0.1, 0.15) is 0 Å². The van der Waals surface area contributed by atoms with Crippen molar-refractivity contribution in [3.8, 4) is 117 Å². The average molecular weight is 1610 g/mol. The molecule has 598 valence electrons. The van der Waals surface area contributed by atoms with Gasteiger partial charge in [0.2, 0.25) is 0 Å². The van der Waals surface area contributed by atoms with Crippen LogP contribution in [0, 0.1) is 0 Å². The fraction of sp³-hybridized carbons (Fsp3) is 0.107. The Labute approximate surface area is 745 Å². The van der Waals surface area contributed by atoms with Gasteiger partial charge in [-0.1, -0.05) is 378 Å². The molecule has 125 heavy (non-hydrogen) atoms. The molecule has 0 atom stereocenters. The van der Waals surface area contributed by atoms with Crippen molar-refractivity contribution in [3.63, 3.8) is 0 Å². The minimum atomic E-state index is -0.754. The van der Waals surface area contributed by atoms with Crippen LogP contribution in [-0.4, -0.2) is 11.3 Å². The molecule has 18 aromatic carbocycles. The normalized spacial score (nSPS) is 13.7. The van der Waals surface area contributed by atoms with Gasteiger partial charge in [-0.05, 0) is 252 Å². The number of benzene rings is 18. The standard InChI is InChI=1S/C121H96BN3/c1-119(2,3)93-71-102(81-41-21-13-22-42-81)117(104(73-93)90-51-33-49-87(67-90)85-47-31-45-83(65-85)78-35-15-10-16-36-78)124-111-70-92(115-100-56-27-25-53-97(100)98-54-26-28-57-101(98)115)59-62-107(111)122-108-63-61-96(123-109-58-30-29-55-99(109)106-69-89(60-64-110(106)123)80-39-19-12-20-40-80)77-112(108)125(114-76-95(121(7,8)9)75-113(124)116(114)122)118-103(82-43-23-14-24-44-82)72-94(120(4,5)6)74-105(118)91-52-34-50-88(68-91)86-48-32-46-84(66-86)79-37-17-11-18-38-79/h10-77,115H,1-9H3/i60D,64D,69D,71D,72D,73D,74D. The maximum Gasteiger partial charge on any atom is 0.252 e. The first-order chi connectivity index (χ1) is 63.9. The topological polar surface area (TPSA) is 11.4 Å². The number of hydrogen-bond acceptors (Lipinski definition) is 2. The molecule has 2 aliphatic heterocycles. The van der Waals surface area contributed by atoms with E-state index in [2.05, 4.69) is 362 Å². The van der Waals surface area contributed by atoms with Gasteiger partial charge in [0, 0.05) is 67.4 Å². The van der Waals surface area contributed by atoms with Crippen molar-refractivity contribution < 1.29 is 9.60 Å². The zero-order valence-corrected chi connectivity index (χ0v) is 71.7. The molecular formula is C121H96BN3. The number of hydrogen-bond donors (Lipinski definition) is 0. The first-order valence-corrected chi connectivity index (χ1v) is 43.7. The van der Waals surface area contributed by atoms with Crippen LogP contribution in [0.3, 0.4) is 0 Å². The molecule has 3 aliphatic rings. The molecule has 19 aromatic rings. The third-order valence-corrected chi connectivity index (χ3v) is 25.8. The molecule has 3 nitrogen and oxygen atoms in total. The summed E-state index contributed by atoms with van der Waals surface area (Å²) in [4.78, 5) is 4.89. The molecule has 22 rings (SSSR count). The van der Waals surface area contributed by atoms with E-state index in [4.69, 9.17) is 0 Å². The van der Waals surface area contributed by atoms with Gasteiger partial charge in [0.15, 0.2) is 0 Å². The molecule has 4 heteroatoms. The van der Waals surface area contributed by atoms with E-state index in [9.17, 15) is 9.60 Å². The van der Waals surface area contributed by atoms with Gasteiger partial charge in [0.05, 0.1) is 32.0 Å². The summed E-state index contributed by atoms with van der Waals surface area (Å²) in [5.74, 6) is -0.210. The lowest BCUT2D eigenvalue weighted by Gasteiger charge is -2.47. The molecule has 0 saturated heterocycles. The van der Waals surface area contributed by atoms with E-state index >= 15 is 0 Å². The van der Waals surface area contributed by atoms with Crippen molar-refractivity contribution in [1.82, 2.24) is 4.57 Å². The summed E-state index contributed by atoms with van der Waals surface area (Å²) in [5.41, 5.74) is 30.2. The van der Waals surface area contributed by atoms with E-state index in [1.165, 1.54) is 22.3 Å². The summed E-state index contributed by atoms with van der Waals surface area (Å²) >= 11 is 0. The molecule has 0 unspecified atom stereocenters. The molecule has 1 aliphatic carbocycles. The second-order valence-corrected chi connectivity index (χ2v) is 36.9. The maximum absolute atomic E-state index is 11.5. The summed E-state index contributed by atoms with van der Waals surface area (Å²) < 4.78 is 78.9. The molecule has 3 heterocycles. The van der Waals surface area contributed by atoms with Crippen molar-refractivity contribution in [2.24, 2.45) is 0 Å². The molecular weight excluding hydrogens is 1510 g/mol. The third-order valence-electron chi connectivity index (χ3n) is 25.8. The lowest BCUT2D eigenvalue weighted by molar-refractivity contribution is 0.590. The number of anilines is 6. The van der Waals surface area contributed by atoms with Crippen molar-refractivity contribution in [2.75, 3.05) is 9.80 Å². The van der Waals surface area contributed by atoms with Crippen LogP contribution < -0.4 is 26.2 Å². The number of aromatic nitrogens is 1. The molecule has 0 spiro atoms. The number of fused-ring (bicyclic) bond motifs is 10. The van der Waals surface area contributed by atoms with Gasteiger partial charge in [-0.15, -0.1) is 0 Å². The largest absolute Gasteiger partial charge is 0.310 e. The predicted molar refractivity (Wildman–Crippen MR) is 533 cm³/mol. The Hall–Kier alpha value is -14.6. The summed E-state index contributed by atoms with van der Waals surface area (Å²) in [6, 6.07) is 132. The fourth-order valence-electron chi connectivity index (χ4n) is 19.5. The van der Waals surface area contributed by atoms with Crippen molar-refractivity contribution in [3.05, 3.63) is 446 Å². The second-order valence-electron chi connectivity index (χ2n) is 36.9. The molecule has 0 N–H and O–H groups in total. The van der Waals surface area contributed by atoms with Crippen LogP contribution in [-0.2, 0) is 16.2 Å². The highest BCUT2D eigenvalue weighted by Gasteiger charge is 2.47. The quantitative estimate of drug-likeness (QED) is 0.107. The van der Waals surface area contributed by atoms with Crippen LogP contribution in [0.5, 0.6) is 0 Å². The van der Waals surface area contributed by atoms with E-state index in [0.29, 0.717) is 72.5 Å². The van der Waals surface area contributed by atoms with Crippen molar-refractivity contribution in [1.29, 1.82) is 0 Å². The van der Waals surface area contributed by atoms with E-state index < -0.39 is 23.0 Å². The monoisotopic (exact) mass is 1610 g/mol. The summed E-state index contributed by atoms with van der Waals surface area (Å²) in [7, 11) is 0. The Bertz CT molecular complexity index is 7880. The highest BCUT2D eigenvalue weighted by molar-refractivity contribution is 7.00. The average Bonchev–Trinajstić information content (AvgIpc) is 0.716. The molecule has 0 bridgehead atoms. The second kappa shape index (κ2) is 30.2. The van der Waals surface area contributed by atoms with Crippen molar-refractivity contribution >= 4 is 79.0 Å². The Morgan fingerprint density at radius 3 is 1.07 bits per heavy atom. The number of nitrogens with zero attached hydrogens (tertiary/aromatic N) is 3. The zero-order valence-electron chi connectivity index (χ0n) is 78.7. The van der Waals surface area contributed by atoms with Gasteiger partial charge >= 0.3 is 0 Å². The Morgan fingerprint density at radius 2 is 0.616 bits per heavy atom. The zero-order chi connectivity index (χ0) is 90.7. The Kier molecular flexibility index (Phi) is 16.7. The van der Waals surface area contributed by atoms with Gasteiger partial charge in [-0.25, -0.2) is 0 Å². The minimum absolute atomic E-state index is 0.0150. The first kappa shape index (κ1) is 69.0. The highest BCUT2D eigenvalue weighted by atomic mass is 15.2. The van der Waals surface area contributed by atoms with Crippen LogP contribution in [0.25, 0.3) is 139 Å². The van der Waals surface area contributed by atoms with Crippen LogP contribution in [0.2, 0.25) is 0 Å². The Balaban J connectivity index is 0.918. The van der Waals surface area contributed by atoms with E-state index in [1.807, 2.05) is 84.9 Å². The fourth-order valence-corrected chi connectivity index (χ4v) is 19.5. The minimum Gasteiger partial charge on any atom is -0.310 e. The lowest BCUT2D eigenvalue weighted by atomic mass is 9.33. The smallest absolute Gasteiger partial charge is 0.252 e. The van der Waals surface area contributed by atoms with Crippen LogP contribution in [0.4, 0.5) is 34.1 Å². The maximum atomic E-state index is 11.5. The van der Waals surface area contributed by atoms with E-state index in [1.54, 1.807) is 0 Å². The number of rotatable bonds is 13. The van der Waals surface area contributed by atoms with Gasteiger partial charge in [-0.2, -0.15) is 0 Å². The molecule has 0 saturated carbocycles. The SMILES string of the molecule is [2H]c1c(-c2ccccc2)c(N2c3cc(C4c5ccccc5-c5ccccc54)ccc3B3c4ccc(-n5c6ccccc6c6c([2H])c(-c7ccccc7)c([2H])c([2H])c65)cc4N(c4c(-c5ccccc5)c([2H])c(C(C)(C)C)c([2H])c4-c4cccc(-c5cccc(-c6ccccc6)c5)c4)c4cc(C(C)(C)C)cc2c43)c(-c2cccc(-c3cccc(-c4ccccc4)c3)c2)c([2H])c1C(C)(C)C. The predicted octanol–water partition coefficient (Wildman–Crippen LogP) is 30.9. The summed E-state index contributed by atoms with van der Waals surface area (Å²) in [5, 5.41) is 1.33. The summed E-state index contributed by atoms with van der Waals surface area (Å²) in [6.07, 6.45) is 0. The van der Waals surface area contributed by atoms with E-state index in [-0.39, 0.29) is 48.2 Å². The van der Waals surface area contributed by atoms with Crippen molar-refractivity contribution in [2.45, 2.75) is 84.5 Å². The Morgan fingerprint density at radius 1 is 0.256 bits per heavy atom.